The third kappa shape index (κ3) is 5.83. The van der Waals surface area contributed by atoms with Gasteiger partial charge in [0.15, 0.2) is 6.61 Å². The van der Waals surface area contributed by atoms with Crippen molar-refractivity contribution in [3.05, 3.63) is 65.7 Å². The summed E-state index contributed by atoms with van der Waals surface area (Å²) in [5, 5.41) is 2.71. The van der Waals surface area contributed by atoms with Gasteiger partial charge in [0.05, 0.1) is 21.3 Å². The second kappa shape index (κ2) is 9.74. The van der Waals surface area contributed by atoms with Gasteiger partial charge in [0, 0.05) is 12.3 Å². The predicted octanol–water partition coefficient (Wildman–Crippen LogP) is 2.33. The Hall–Kier alpha value is -2.47. The van der Waals surface area contributed by atoms with Crippen molar-refractivity contribution in [2.75, 3.05) is 18.9 Å². The molecule has 0 aliphatic rings. The topological polar surface area (TPSA) is 72.5 Å². The van der Waals surface area contributed by atoms with E-state index in [9.17, 15) is 13.8 Å². The molecule has 0 aliphatic carbocycles. The Morgan fingerprint density at radius 2 is 1.72 bits per heavy atom. The normalized spacial score (nSPS) is 11.6. The average Bonchev–Trinajstić information content (AvgIpc) is 2.66. The molecule has 0 saturated carbocycles. The molecule has 2 rings (SSSR count). The summed E-state index contributed by atoms with van der Waals surface area (Å²) in [7, 11) is -1.26. The highest BCUT2D eigenvalue weighted by Crippen LogP contribution is 2.15. The molecule has 25 heavy (non-hydrogen) atoms. The molecule has 1 amide bonds. The van der Waals surface area contributed by atoms with Crippen molar-refractivity contribution in [3.63, 3.8) is 0 Å². The molecule has 0 fully saturated rings. The number of amides is 1. The first-order chi connectivity index (χ1) is 12.1. The monoisotopic (exact) mass is 359 g/mol. The number of nitrogens with one attached hydrogen (secondary N) is 1. The van der Waals surface area contributed by atoms with Crippen LogP contribution < -0.4 is 5.32 Å². The van der Waals surface area contributed by atoms with E-state index in [0.29, 0.717) is 23.6 Å². The highest BCUT2D eigenvalue weighted by Gasteiger charge is 2.16. The van der Waals surface area contributed by atoms with Crippen LogP contribution in [0.4, 0.5) is 0 Å². The second-order valence-corrected chi connectivity index (χ2v) is 7.00. The van der Waals surface area contributed by atoms with Crippen molar-refractivity contribution < 1.29 is 18.5 Å². The Labute approximate surface area is 149 Å². The van der Waals surface area contributed by atoms with Gasteiger partial charge in [-0.25, -0.2) is 4.79 Å². The van der Waals surface area contributed by atoms with Crippen molar-refractivity contribution in [3.8, 4) is 0 Å². The Kier molecular flexibility index (Phi) is 7.35. The molecule has 0 aromatic heterocycles. The fourth-order valence-corrected chi connectivity index (χ4v) is 3.18. The zero-order valence-electron chi connectivity index (χ0n) is 14.1. The smallest absolute Gasteiger partial charge is 0.339 e. The summed E-state index contributed by atoms with van der Waals surface area (Å²) in [6.07, 6.45) is 0.707. The number of esters is 1. The van der Waals surface area contributed by atoms with E-state index in [-0.39, 0.29) is 18.1 Å². The van der Waals surface area contributed by atoms with Crippen molar-refractivity contribution in [2.24, 2.45) is 0 Å². The predicted molar refractivity (Wildman–Crippen MR) is 96.8 cm³/mol. The van der Waals surface area contributed by atoms with E-state index in [1.807, 2.05) is 30.3 Å². The largest absolute Gasteiger partial charge is 0.452 e. The molecule has 132 valence electrons. The molecule has 2 aromatic rings. The van der Waals surface area contributed by atoms with Crippen LogP contribution in [0, 0.1) is 0 Å². The van der Waals surface area contributed by atoms with Gasteiger partial charge in [-0.3, -0.25) is 9.00 Å². The van der Waals surface area contributed by atoms with Crippen LogP contribution in [0.15, 0.2) is 59.5 Å². The lowest BCUT2D eigenvalue weighted by Gasteiger charge is -2.09. The van der Waals surface area contributed by atoms with Gasteiger partial charge < -0.3 is 10.1 Å². The molecule has 5 nitrogen and oxygen atoms in total. The number of ether oxygens (including phenoxy) is 1. The fourth-order valence-electron chi connectivity index (χ4n) is 2.24. The lowest BCUT2D eigenvalue weighted by atomic mass is 10.1. The number of benzene rings is 2. The zero-order chi connectivity index (χ0) is 18.1. The number of hydrogen-bond acceptors (Lipinski definition) is 4. The lowest BCUT2D eigenvalue weighted by molar-refractivity contribution is -0.124. The van der Waals surface area contributed by atoms with Crippen LogP contribution in [0.25, 0.3) is 0 Å². The molecule has 0 radical (unpaired) electrons. The third-order valence-electron chi connectivity index (χ3n) is 3.53. The van der Waals surface area contributed by atoms with Crippen LogP contribution in [0.5, 0.6) is 0 Å². The SMILES string of the molecule is CC[S@](=O)c1ccccc1C(=O)OCC(=O)NCCc1ccccc1. The Morgan fingerprint density at radius 3 is 2.44 bits per heavy atom. The molecule has 0 aliphatic heterocycles. The molecular weight excluding hydrogens is 338 g/mol. The molecule has 0 spiro atoms. The fraction of sp³-hybridized carbons (Fsp3) is 0.263. The van der Waals surface area contributed by atoms with Crippen LogP contribution >= 0.6 is 0 Å². The quantitative estimate of drug-likeness (QED) is 0.734. The minimum atomic E-state index is -1.26. The van der Waals surface area contributed by atoms with Gasteiger partial charge in [-0.15, -0.1) is 0 Å². The summed E-state index contributed by atoms with van der Waals surface area (Å²) in [6.45, 7) is 1.88. The van der Waals surface area contributed by atoms with Gasteiger partial charge in [-0.2, -0.15) is 0 Å². The zero-order valence-corrected chi connectivity index (χ0v) is 14.9. The van der Waals surface area contributed by atoms with E-state index < -0.39 is 16.8 Å². The van der Waals surface area contributed by atoms with Crippen molar-refractivity contribution >= 4 is 22.7 Å². The van der Waals surface area contributed by atoms with Crippen LogP contribution in [-0.4, -0.2) is 35.0 Å². The summed E-state index contributed by atoms with van der Waals surface area (Å²) in [5.74, 6) is -0.599. The maximum absolute atomic E-state index is 12.1. The first-order valence-corrected chi connectivity index (χ1v) is 9.39. The number of rotatable bonds is 8. The Balaban J connectivity index is 1.82. The van der Waals surface area contributed by atoms with Crippen molar-refractivity contribution in [1.82, 2.24) is 5.32 Å². The summed E-state index contributed by atoms with van der Waals surface area (Å²) in [5.41, 5.74) is 1.36. The lowest BCUT2D eigenvalue weighted by Crippen LogP contribution is -2.30. The molecule has 6 heteroatoms. The third-order valence-corrected chi connectivity index (χ3v) is 4.90. The Morgan fingerprint density at radius 1 is 1.04 bits per heavy atom. The number of carbonyl (C=O) groups excluding carboxylic acids is 2. The van der Waals surface area contributed by atoms with E-state index in [1.165, 1.54) is 0 Å². The van der Waals surface area contributed by atoms with Crippen LogP contribution in [-0.2, 0) is 26.8 Å². The van der Waals surface area contributed by atoms with Crippen LogP contribution in [0.3, 0.4) is 0 Å². The van der Waals surface area contributed by atoms with E-state index >= 15 is 0 Å². The molecule has 0 saturated heterocycles. The van der Waals surface area contributed by atoms with E-state index in [1.54, 1.807) is 31.2 Å². The molecule has 0 bridgehead atoms. The minimum absolute atomic E-state index is 0.236. The van der Waals surface area contributed by atoms with Crippen molar-refractivity contribution in [2.45, 2.75) is 18.2 Å². The van der Waals surface area contributed by atoms with Gasteiger partial charge in [0.25, 0.3) is 5.91 Å². The summed E-state index contributed by atoms with van der Waals surface area (Å²) in [4.78, 5) is 24.4. The van der Waals surface area contributed by atoms with Crippen molar-refractivity contribution in [1.29, 1.82) is 0 Å². The van der Waals surface area contributed by atoms with Gasteiger partial charge in [0.2, 0.25) is 0 Å². The van der Waals surface area contributed by atoms with E-state index in [4.69, 9.17) is 4.74 Å². The minimum Gasteiger partial charge on any atom is -0.452 e. The molecular formula is C19H21NO4S. The highest BCUT2D eigenvalue weighted by molar-refractivity contribution is 7.85. The highest BCUT2D eigenvalue weighted by atomic mass is 32.2. The summed E-state index contributed by atoms with van der Waals surface area (Å²) >= 11 is 0. The van der Waals surface area contributed by atoms with Gasteiger partial charge >= 0.3 is 5.97 Å². The average molecular weight is 359 g/mol. The van der Waals surface area contributed by atoms with Gasteiger partial charge in [0.1, 0.15) is 0 Å². The summed E-state index contributed by atoms with van der Waals surface area (Å²) < 4.78 is 17.0. The standard InChI is InChI=1S/C19H21NO4S/c1-2-25(23)17-11-7-6-10-16(17)19(22)24-14-18(21)20-13-12-15-8-4-3-5-9-15/h3-11H,2,12-14H2,1H3,(H,20,21)/t25-/m0/s1. The van der Waals surface area contributed by atoms with Crippen LogP contribution in [0.2, 0.25) is 0 Å². The molecule has 2 aromatic carbocycles. The van der Waals surface area contributed by atoms with Gasteiger partial charge in [-0.1, -0.05) is 49.4 Å². The maximum Gasteiger partial charge on any atom is 0.339 e. The number of hydrogen-bond donors (Lipinski definition) is 1. The maximum atomic E-state index is 12.1. The van der Waals surface area contributed by atoms with Crippen LogP contribution in [0.1, 0.15) is 22.8 Å². The molecule has 0 unspecified atom stereocenters. The van der Waals surface area contributed by atoms with Gasteiger partial charge in [-0.05, 0) is 24.1 Å². The first-order valence-electron chi connectivity index (χ1n) is 8.07. The molecule has 0 heterocycles. The Bertz CT molecular complexity index is 746. The van der Waals surface area contributed by atoms with E-state index in [2.05, 4.69) is 5.32 Å². The number of carbonyl (C=O) groups is 2. The summed E-state index contributed by atoms with van der Waals surface area (Å²) in [6, 6.07) is 16.4. The molecule has 1 atom stereocenters. The molecule has 1 N–H and O–H groups in total. The second-order valence-electron chi connectivity index (χ2n) is 5.29. The first kappa shape index (κ1) is 18.9. The van der Waals surface area contributed by atoms with E-state index in [0.717, 1.165) is 5.56 Å².